The molecule has 0 aromatic heterocycles. The molecule has 0 unspecified atom stereocenters. The number of carbonyl (C=O) groups is 2. The van der Waals surface area contributed by atoms with E-state index in [4.69, 9.17) is 12.2 Å². The predicted molar refractivity (Wildman–Crippen MR) is 107 cm³/mol. The fourth-order valence-electron chi connectivity index (χ4n) is 2.36. The summed E-state index contributed by atoms with van der Waals surface area (Å²) in [4.78, 5) is 24.1. The summed E-state index contributed by atoms with van der Waals surface area (Å²) in [5.41, 5.74) is 1.07. The van der Waals surface area contributed by atoms with Crippen molar-refractivity contribution in [2.45, 2.75) is 65.3 Å². The van der Waals surface area contributed by atoms with Gasteiger partial charge in [-0.2, -0.15) is 0 Å². The fraction of sp³-hybridized carbons (Fsp3) is 0.526. The van der Waals surface area contributed by atoms with Crippen molar-refractivity contribution in [1.82, 2.24) is 10.6 Å². The lowest BCUT2D eigenvalue weighted by Crippen LogP contribution is -2.35. The lowest BCUT2D eigenvalue weighted by molar-refractivity contribution is -0.119. The Morgan fingerprint density at radius 3 is 2.44 bits per heavy atom. The second-order valence-corrected chi connectivity index (χ2v) is 6.75. The number of anilines is 1. The number of amides is 2. The van der Waals surface area contributed by atoms with E-state index < -0.39 is 0 Å². The van der Waals surface area contributed by atoms with Gasteiger partial charge in [-0.1, -0.05) is 44.7 Å². The molecule has 0 heterocycles. The van der Waals surface area contributed by atoms with E-state index in [1.165, 1.54) is 12.8 Å². The van der Waals surface area contributed by atoms with Crippen molar-refractivity contribution < 1.29 is 9.59 Å². The van der Waals surface area contributed by atoms with Gasteiger partial charge in [0.25, 0.3) is 5.91 Å². The number of thiocarbonyl (C=S) groups is 1. The van der Waals surface area contributed by atoms with Gasteiger partial charge in [-0.25, -0.2) is 0 Å². The van der Waals surface area contributed by atoms with Gasteiger partial charge in [0.15, 0.2) is 5.11 Å². The molecule has 2 amide bonds. The lowest BCUT2D eigenvalue weighted by atomic mass is 10.1. The van der Waals surface area contributed by atoms with E-state index in [0.717, 1.165) is 19.3 Å². The van der Waals surface area contributed by atoms with Crippen LogP contribution in [0.25, 0.3) is 0 Å². The molecule has 0 atom stereocenters. The number of rotatable bonds is 9. The molecule has 0 aliphatic carbocycles. The van der Waals surface area contributed by atoms with E-state index in [2.05, 4.69) is 22.9 Å². The second-order valence-electron chi connectivity index (χ2n) is 6.34. The Hall–Kier alpha value is -1.95. The minimum atomic E-state index is -0.178. The SMILES string of the molecule is CCCCCCCC(=O)NC(=S)Nc1ccccc1C(=O)NC(C)C. The van der Waals surface area contributed by atoms with Gasteiger partial charge < -0.3 is 16.0 Å². The topological polar surface area (TPSA) is 70.2 Å². The van der Waals surface area contributed by atoms with Crippen LogP contribution in [0, 0.1) is 0 Å². The minimum absolute atomic E-state index is 0.0416. The first-order valence-electron chi connectivity index (χ1n) is 8.94. The number of nitrogens with one attached hydrogen (secondary N) is 3. The largest absolute Gasteiger partial charge is 0.350 e. The molecule has 25 heavy (non-hydrogen) atoms. The summed E-state index contributed by atoms with van der Waals surface area (Å²) in [6.07, 6.45) is 5.92. The highest BCUT2D eigenvalue weighted by Gasteiger charge is 2.13. The molecule has 3 N–H and O–H groups in total. The molecular formula is C19H29N3O2S. The Morgan fingerprint density at radius 1 is 1.08 bits per heavy atom. The smallest absolute Gasteiger partial charge is 0.253 e. The van der Waals surface area contributed by atoms with Gasteiger partial charge in [-0.3, -0.25) is 9.59 Å². The average Bonchev–Trinajstić information content (AvgIpc) is 2.54. The second kappa shape index (κ2) is 11.6. The summed E-state index contributed by atoms with van der Waals surface area (Å²) < 4.78 is 0. The summed E-state index contributed by atoms with van der Waals surface area (Å²) >= 11 is 5.19. The molecule has 1 rings (SSSR count). The zero-order valence-corrected chi connectivity index (χ0v) is 16.2. The highest BCUT2D eigenvalue weighted by Crippen LogP contribution is 2.15. The first kappa shape index (κ1) is 21.1. The summed E-state index contributed by atoms with van der Waals surface area (Å²) in [6.45, 7) is 5.97. The van der Waals surface area contributed by atoms with E-state index in [1.54, 1.807) is 18.2 Å². The molecule has 0 bridgehead atoms. The third-order valence-electron chi connectivity index (χ3n) is 3.60. The van der Waals surface area contributed by atoms with E-state index >= 15 is 0 Å². The molecule has 0 radical (unpaired) electrons. The van der Waals surface area contributed by atoms with Gasteiger partial charge in [0.2, 0.25) is 5.91 Å². The normalized spacial score (nSPS) is 10.4. The van der Waals surface area contributed by atoms with Crippen molar-refractivity contribution in [3.63, 3.8) is 0 Å². The Kier molecular flexibility index (Phi) is 9.77. The quantitative estimate of drug-likeness (QED) is 0.458. The number of benzene rings is 1. The maximum Gasteiger partial charge on any atom is 0.253 e. The third-order valence-corrected chi connectivity index (χ3v) is 3.80. The molecule has 0 aliphatic heterocycles. The van der Waals surface area contributed by atoms with Crippen molar-refractivity contribution in [2.24, 2.45) is 0 Å². The first-order chi connectivity index (χ1) is 11.9. The monoisotopic (exact) mass is 363 g/mol. The van der Waals surface area contributed by atoms with Gasteiger partial charge in [0, 0.05) is 12.5 Å². The maximum atomic E-state index is 12.2. The molecule has 6 heteroatoms. The van der Waals surface area contributed by atoms with E-state index in [0.29, 0.717) is 17.7 Å². The van der Waals surface area contributed by atoms with Gasteiger partial charge >= 0.3 is 0 Å². The number of hydrogen-bond acceptors (Lipinski definition) is 3. The van der Waals surface area contributed by atoms with E-state index in [9.17, 15) is 9.59 Å². The lowest BCUT2D eigenvalue weighted by Gasteiger charge is -2.14. The molecule has 0 fully saturated rings. The summed E-state index contributed by atoms with van der Waals surface area (Å²) in [5.74, 6) is -0.277. The highest BCUT2D eigenvalue weighted by molar-refractivity contribution is 7.80. The zero-order valence-electron chi connectivity index (χ0n) is 15.4. The highest BCUT2D eigenvalue weighted by atomic mass is 32.1. The molecule has 138 valence electrons. The third kappa shape index (κ3) is 8.63. The molecule has 0 saturated carbocycles. The number of hydrogen-bond donors (Lipinski definition) is 3. The standard InChI is InChI=1S/C19H29N3O2S/c1-4-5-6-7-8-13-17(23)22-19(25)21-16-12-10-9-11-15(16)18(24)20-14(2)3/h9-12,14H,4-8,13H2,1-3H3,(H,20,24)(H2,21,22,23,25). The first-order valence-corrected chi connectivity index (χ1v) is 9.35. The van der Waals surface area contributed by atoms with E-state index in [-0.39, 0.29) is 23.0 Å². The van der Waals surface area contributed by atoms with Crippen molar-refractivity contribution in [3.8, 4) is 0 Å². The van der Waals surface area contributed by atoms with Crippen LogP contribution in [0.4, 0.5) is 5.69 Å². The van der Waals surface area contributed by atoms with Crippen LogP contribution in [0.15, 0.2) is 24.3 Å². The van der Waals surface area contributed by atoms with Crippen LogP contribution < -0.4 is 16.0 Å². The maximum absolute atomic E-state index is 12.2. The molecule has 1 aromatic carbocycles. The van der Waals surface area contributed by atoms with Crippen LogP contribution in [0.1, 0.15) is 69.7 Å². The Labute approximate surface area is 156 Å². The molecule has 5 nitrogen and oxygen atoms in total. The van der Waals surface area contributed by atoms with Crippen LogP contribution in [-0.2, 0) is 4.79 Å². The number of carbonyl (C=O) groups excluding carboxylic acids is 2. The van der Waals surface area contributed by atoms with Gasteiger partial charge in [-0.15, -0.1) is 0 Å². The molecule has 1 aromatic rings. The van der Waals surface area contributed by atoms with Crippen LogP contribution in [0.3, 0.4) is 0 Å². The molecule has 0 saturated heterocycles. The van der Waals surface area contributed by atoms with Crippen LogP contribution >= 0.6 is 12.2 Å². The zero-order chi connectivity index (χ0) is 18.7. The Morgan fingerprint density at radius 2 is 1.76 bits per heavy atom. The number of unbranched alkanes of at least 4 members (excludes halogenated alkanes) is 4. The molecule has 0 aliphatic rings. The van der Waals surface area contributed by atoms with Gasteiger partial charge in [0.1, 0.15) is 0 Å². The fourth-order valence-corrected chi connectivity index (χ4v) is 2.59. The number of para-hydroxylation sites is 1. The van der Waals surface area contributed by atoms with Crippen LogP contribution in [0.2, 0.25) is 0 Å². The van der Waals surface area contributed by atoms with Crippen molar-refractivity contribution in [1.29, 1.82) is 0 Å². The molecular weight excluding hydrogens is 334 g/mol. The van der Waals surface area contributed by atoms with Crippen molar-refractivity contribution in [2.75, 3.05) is 5.32 Å². The van der Waals surface area contributed by atoms with Crippen LogP contribution in [0.5, 0.6) is 0 Å². The Balaban J connectivity index is 2.51. The van der Waals surface area contributed by atoms with Crippen LogP contribution in [-0.4, -0.2) is 23.0 Å². The summed E-state index contributed by atoms with van der Waals surface area (Å²) in [6, 6.07) is 7.13. The minimum Gasteiger partial charge on any atom is -0.350 e. The van der Waals surface area contributed by atoms with Gasteiger partial charge in [-0.05, 0) is 44.6 Å². The van der Waals surface area contributed by atoms with Crippen molar-refractivity contribution in [3.05, 3.63) is 29.8 Å². The van der Waals surface area contributed by atoms with Crippen molar-refractivity contribution >= 4 is 34.8 Å². The van der Waals surface area contributed by atoms with Gasteiger partial charge in [0.05, 0.1) is 11.3 Å². The predicted octanol–water partition coefficient (Wildman–Crippen LogP) is 4.00. The Bertz CT molecular complexity index is 588. The average molecular weight is 364 g/mol. The van der Waals surface area contributed by atoms with E-state index in [1.807, 2.05) is 19.9 Å². The molecule has 0 spiro atoms. The summed E-state index contributed by atoms with van der Waals surface area (Å²) in [7, 11) is 0. The summed E-state index contributed by atoms with van der Waals surface area (Å²) in [5, 5.41) is 8.68.